The first-order chi connectivity index (χ1) is 28.2. The van der Waals surface area contributed by atoms with E-state index in [4.69, 9.17) is 23.8 Å². The van der Waals surface area contributed by atoms with Gasteiger partial charge in [-0.1, -0.05) is 133 Å². The van der Waals surface area contributed by atoms with Crippen molar-refractivity contribution >= 4 is 75.4 Å². The Morgan fingerprint density at radius 3 is 1.68 bits per heavy atom. The van der Waals surface area contributed by atoms with Gasteiger partial charge in [0.15, 0.2) is 17.5 Å². The molecular weight excluding hydrogens is 719 g/mol. The summed E-state index contributed by atoms with van der Waals surface area (Å²) in [4.78, 5) is 15.0. The van der Waals surface area contributed by atoms with Crippen LogP contribution in [0, 0.1) is 0 Å². The van der Waals surface area contributed by atoms with Crippen LogP contribution in [0.15, 0.2) is 185 Å². The number of fused-ring (bicyclic) bond motifs is 9. The van der Waals surface area contributed by atoms with Crippen LogP contribution < -0.4 is 0 Å². The van der Waals surface area contributed by atoms with Crippen molar-refractivity contribution in [2.45, 2.75) is 0 Å². The minimum Gasteiger partial charge on any atom is -0.456 e. The van der Waals surface area contributed by atoms with Crippen molar-refractivity contribution in [1.82, 2.24) is 15.0 Å². The van der Waals surface area contributed by atoms with Crippen molar-refractivity contribution in [3.05, 3.63) is 176 Å². The van der Waals surface area contributed by atoms with E-state index < -0.39 is 0 Å². The fraction of sp³-hybridized carbons (Fsp3) is 0. The normalized spacial score (nSPS) is 11.9. The van der Waals surface area contributed by atoms with Crippen molar-refractivity contribution in [2.24, 2.45) is 0 Å². The lowest BCUT2D eigenvalue weighted by Crippen LogP contribution is -2.00. The third kappa shape index (κ3) is 5.12. The van der Waals surface area contributed by atoms with Crippen molar-refractivity contribution in [3.8, 4) is 56.4 Å². The highest BCUT2D eigenvalue weighted by atomic mass is 32.1. The van der Waals surface area contributed by atoms with Crippen LogP contribution in [0.4, 0.5) is 0 Å². The van der Waals surface area contributed by atoms with Gasteiger partial charge in [0.25, 0.3) is 0 Å². The number of para-hydroxylation sites is 1. The summed E-state index contributed by atoms with van der Waals surface area (Å²) in [6, 6.07) is 60.8. The van der Waals surface area contributed by atoms with Crippen LogP contribution in [0.2, 0.25) is 0 Å². The van der Waals surface area contributed by atoms with Gasteiger partial charge >= 0.3 is 0 Å². The maximum atomic E-state index is 6.70. The molecule has 266 valence electrons. The average molecular weight is 748 g/mol. The molecule has 0 radical (unpaired) electrons. The molecule has 0 saturated heterocycles. The number of aromatic nitrogens is 3. The van der Waals surface area contributed by atoms with Crippen LogP contribution in [0.1, 0.15) is 0 Å². The van der Waals surface area contributed by atoms with Gasteiger partial charge < -0.3 is 8.83 Å². The molecule has 5 nitrogen and oxygen atoms in total. The van der Waals surface area contributed by atoms with Gasteiger partial charge in [-0.3, -0.25) is 0 Å². The van der Waals surface area contributed by atoms with Gasteiger partial charge in [-0.25, -0.2) is 15.0 Å². The maximum Gasteiger partial charge on any atom is 0.164 e. The third-order valence-corrected chi connectivity index (χ3v) is 12.1. The van der Waals surface area contributed by atoms with Crippen LogP contribution in [0.5, 0.6) is 0 Å². The fourth-order valence-electron chi connectivity index (χ4n) is 8.31. The molecular formula is C51H29N3O2S. The van der Waals surface area contributed by atoms with E-state index >= 15 is 0 Å². The zero-order valence-corrected chi connectivity index (χ0v) is 31.1. The van der Waals surface area contributed by atoms with E-state index in [1.54, 1.807) is 0 Å². The Hall–Kier alpha value is -7.41. The summed E-state index contributed by atoms with van der Waals surface area (Å²) in [5, 5.41) is 6.69. The minimum absolute atomic E-state index is 0.592. The Morgan fingerprint density at radius 2 is 0.912 bits per heavy atom. The van der Waals surface area contributed by atoms with E-state index in [9.17, 15) is 0 Å². The molecule has 4 heterocycles. The fourth-order valence-corrected chi connectivity index (χ4v) is 9.44. The zero-order chi connectivity index (χ0) is 37.5. The Morgan fingerprint density at radius 1 is 0.333 bits per heavy atom. The lowest BCUT2D eigenvalue weighted by Gasteiger charge is -2.09. The molecule has 0 saturated carbocycles. The second-order valence-electron chi connectivity index (χ2n) is 14.3. The van der Waals surface area contributed by atoms with E-state index in [0.29, 0.717) is 17.5 Å². The summed E-state index contributed by atoms with van der Waals surface area (Å²) >= 11 is 1.83. The van der Waals surface area contributed by atoms with Crippen LogP contribution in [-0.4, -0.2) is 15.0 Å². The Balaban J connectivity index is 1.01. The van der Waals surface area contributed by atoms with E-state index in [1.165, 1.54) is 25.7 Å². The smallest absolute Gasteiger partial charge is 0.164 e. The van der Waals surface area contributed by atoms with Crippen LogP contribution in [0.25, 0.3) is 120 Å². The van der Waals surface area contributed by atoms with Gasteiger partial charge in [0.05, 0.1) is 0 Å². The number of benzene rings is 8. The highest BCUT2D eigenvalue weighted by Crippen LogP contribution is 2.44. The molecule has 12 aromatic rings. The quantitative estimate of drug-likeness (QED) is 0.175. The number of hydrogen-bond acceptors (Lipinski definition) is 6. The van der Waals surface area contributed by atoms with E-state index in [-0.39, 0.29) is 0 Å². The summed E-state index contributed by atoms with van der Waals surface area (Å²) in [5.41, 5.74) is 10.5. The van der Waals surface area contributed by atoms with Gasteiger partial charge in [-0.15, -0.1) is 11.3 Å². The van der Waals surface area contributed by atoms with Crippen LogP contribution >= 0.6 is 11.3 Å². The van der Waals surface area contributed by atoms with Crippen molar-refractivity contribution in [1.29, 1.82) is 0 Å². The zero-order valence-electron chi connectivity index (χ0n) is 30.3. The molecule has 0 aliphatic carbocycles. The molecule has 0 fully saturated rings. The van der Waals surface area contributed by atoms with Crippen LogP contribution in [0.3, 0.4) is 0 Å². The summed E-state index contributed by atoms with van der Waals surface area (Å²) in [6.45, 7) is 0. The lowest BCUT2D eigenvalue weighted by molar-refractivity contribution is 0.669. The summed E-state index contributed by atoms with van der Waals surface area (Å²) in [6.07, 6.45) is 0. The molecule has 0 atom stereocenters. The molecule has 0 N–H and O–H groups in total. The van der Waals surface area contributed by atoms with E-state index in [2.05, 4.69) is 103 Å². The van der Waals surface area contributed by atoms with Gasteiger partial charge in [0.2, 0.25) is 0 Å². The number of nitrogens with zero attached hydrogens (tertiary/aromatic N) is 3. The number of hydrogen-bond donors (Lipinski definition) is 0. The van der Waals surface area contributed by atoms with Gasteiger partial charge in [0, 0.05) is 64.0 Å². The van der Waals surface area contributed by atoms with Gasteiger partial charge in [-0.05, 0) is 59.2 Å². The molecule has 8 aromatic carbocycles. The second-order valence-corrected chi connectivity index (χ2v) is 15.4. The summed E-state index contributed by atoms with van der Waals surface area (Å²) in [5.74, 6) is 1.83. The summed E-state index contributed by atoms with van der Waals surface area (Å²) in [7, 11) is 0. The maximum absolute atomic E-state index is 6.70. The highest BCUT2D eigenvalue weighted by molar-refractivity contribution is 7.25. The SMILES string of the molecule is c1ccc(-c2nc(-c3ccccc3)nc(-c3cccc4oc5ccc(-c6ccc7oc8c(-c9cccc%10sc%11ccccc%11c9%10)cccc8c7c6)cc5c34)n2)cc1. The Kier molecular flexibility index (Phi) is 7.03. The highest BCUT2D eigenvalue weighted by Gasteiger charge is 2.20. The molecule has 0 bridgehead atoms. The van der Waals surface area contributed by atoms with Crippen molar-refractivity contribution in [3.63, 3.8) is 0 Å². The minimum atomic E-state index is 0.592. The summed E-state index contributed by atoms with van der Waals surface area (Å²) < 4.78 is 15.7. The second kappa shape index (κ2) is 12.6. The number of thiophene rings is 1. The molecule has 0 unspecified atom stereocenters. The molecule has 0 amide bonds. The first-order valence-corrected chi connectivity index (χ1v) is 19.7. The molecule has 0 aliphatic heterocycles. The van der Waals surface area contributed by atoms with E-state index in [0.717, 1.165) is 77.3 Å². The molecule has 4 aromatic heterocycles. The first-order valence-electron chi connectivity index (χ1n) is 18.9. The monoisotopic (exact) mass is 747 g/mol. The number of furan rings is 2. The van der Waals surface area contributed by atoms with Crippen LogP contribution in [-0.2, 0) is 0 Å². The molecule has 6 heteroatoms. The first kappa shape index (κ1) is 31.9. The van der Waals surface area contributed by atoms with Gasteiger partial charge in [-0.2, -0.15) is 0 Å². The molecule has 57 heavy (non-hydrogen) atoms. The Labute approximate surface area is 330 Å². The molecule has 0 spiro atoms. The van der Waals surface area contributed by atoms with Crippen molar-refractivity contribution in [2.75, 3.05) is 0 Å². The molecule has 0 aliphatic rings. The third-order valence-electron chi connectivity index (χ3n) is 11.0. The van der Waals surface area contributed by atoms with Gasteiger partial charge in [0.1, 0.15) is 22.3 Å². The number of rotatable bonds is 5. The largest absolute Gasteiger partial charge is 0.456 e. The lowest BCUT2D eigenvalue weighted by atomic mass is 9.96. The molecule has 12 rings (SSSR count). The van der Waals surface area contributed by atoms with Crippen molar-refractivity contribution < 1.29 is 8.83 Å². The average Bonchev–Trinajstić information content (AvgIpc) is 3.97. The Bertz CT molecular complexity index is 3470. The predicted molar refractivity (Wildman–Crippen MR) is 234 cm³/mol. The van der Waals surface area contributed by atoms with E-state index in [1.807, 2.05) is 84.1 Å². The predicted octanol–water partition coefficient (Wildman–Crippen LogP) is 14.4. The topological polar surface area (TPSA) is 65.0 Å². The standard InChI is InChI=1S/C51H29N3O2S/c1-3-12-30(13-4-1)49-52-50(31-14-5-2-6-15-31)54-51(53-49)38-20-10-21-43-46(38)40-29-33(25-27-42(40)55-43)32-24-26-41-39(28-32)36-19-9-18-35(48(36)56-41)34-17-11-23-45-47(34)37-16-7-8-22-44(37)57-45/h1-29H.